The van der Waals surface area contributed by atoms with Crippen LogP contribution in [0.25, 0.3) is 11.3 Å². The molecule has 1 aromatic carbocycles. The minimum Gasteiger partial charge on any atom is -0.480 e. The van der Waals surface area contributed by atoms with Crippen LogP contribution in [0.4, 0.5) is 5.69 Å². The van der Waals surface area contributed by atoms with Crippen LogP contribution in [0.3, 0.4) is 0 Å². The Morgan fingerprint density at radius 3 is 2.37 bits per heavy atom. The highest BCUT2D eigenvalue weighted by Gasteiger charge is 2.45. The number of methoxy groups -OCH3 is 2. The lowest BCUT2D eigenvalue weighted by Gasteiger charge is -2.28. The van der Waals surface area contributed by atoms with Crippen molar-refractivity contribution in [2.45, 2.75) is 24.9 Å². The van der Waals surface area contributed by atoms with E-state index in [1.54, 1.807) is 42.5 Å². The largest absolute Gasteiger partial charge is 0.480 e. The number of hydrogen-bond acceptors (Lipinski definition) is 6. The van der Waals surface area contributed by atoms with Crippen LogP contribution in [0.5, 0.6) is 11.9 Å². The molecule has 0 radical (unpaired) electrons. The molecule has 11 heteroatoms. The summed E-state index contributed by atoms with van der Waals surface area (Å²) < 4.78 is 14.3. The Kier molecular flexibility index (Phi) is 5.92. The number of hydrogen-bond donors (Lipinski definition) is 0. The standard InChI is InChI=1S/C27H23Cl2N5O4/c1-32-13-17(10-20(29)26(32)36)34-22(14-4-6-15(28)7-5-14)23-18(25(34)35)11-21(33(23)16-8-9-16)19-12-30-27(38-3)31-24(19)37-2/h4-7,10-13,16,22H,8-9H2,1-3H3. The van der Waals surface area contributed by atoms with E-state index in [-0.39, 0.29) is 28.5 Å². The molecule has 3 aromatic heterocycles. The van der Waals surface area contributed by atoms with Gasteiger partial charge in [0.1, 0.15) is 11.1 Å². The zero-order valence-electron chi connectivity index (χ0n) is 20.8. The first-order valence-corrected chi connectivity index (χ1v) is 12.7. The Morgan fingerprint density at radius 2 is 1.74 bits per heavy atom. The smallest absolute Gasteiger partial charge is 0.319 e. The van der Waals surface area contributed by atoms with Crippen molar-refractivity contribution in [2.75, 3.05) is 19.1 Å². The van der Waals surface area contributed by atoms with Gasteiger partial charge in [-0.15, -0.1) is 0 Å². The highest BCUT2D eigenvalue weighted by Crippen LogP contribution is 2.51. The number of aromatic nitrogens is 4. The molecule has 194 valence electrons. The van der Waals surface area contributed by atoms with Crippen molar-refractivity contribution >= 4 is 34.8 Å². The molecule has 0 bridgehead atoms. The Bertz CT molecular complexity index is 1620. The van der Waals surface area contributed by atoms with Crippen LogP contribution < -0.4 is 19.9 Å². The van der Waals surface area contributed by atoms with Crippen molar-refractivity contribution in [1.29, 1.82) is 0 Å². The van der Waals surface area contributed by atoms with Crippen molar-refractivity contribution in [3.05, 3.63) is 86.0 Å². The van der Waals surface area contributed by atoms with E-state index in [0.717, 1.165) is 29.8 Å². The molecule has 1 saturated carbocycles. The lowest BCUT2D eigenvalue weighted by atomic mass is 10.0. The molecule has 0 spiro atoms. The van der Waals surface area contributed by atoms with Crippen LogP contribution in [0.1, 0.15) is 46.5 Å². The maximum atomic E-state index is 14.1. The van der Waals surface area contributed by atoms with Gasteiger partial charge < -0.3 is 18.6 Å². The number of ether oxygens (including phenoxy) is 2. The van der Waals surface area contributed by atoms with Crippen LogP contribution >= 0.6 is 23.2 Å². The molecule has 0 saturated heterocycles. The van der Waals surface area contributed by atoms with Gasteiger partial charge in [0.15, 0.2) is 0 Å². The monoisotopic (exact) mass is 551 g/mol. The Labute approximate surface area is 228 Å². The summed E-state index contributed by atoms with van der Waals surface area (Å²) in [6.45, 7) is 0. The SMILES string of the molecule is COc1ncc(-c2cc3c(n2C2CC2)C(c2ccc(Cl)cc2)N(c2cc(Cl)c(=O)n(C)c2)C3=O)c(OC)n1. The van der Waals surface area contributed by atoms with E-state index in [4.69, 9.17) is 32.7 Å². The van der Waals surface area contributed by atoms with Crippen molar-refractivity contribution in [2.24, 2.45) is 7.05 Å². The number of amides is 1. The molecule has 2 aliphatic rings. The number of nitrogens with zero attached hydrogens (tertiary/aromatic N) is 5. The maximum absolute atomic E-state index is 14.1. The van der Waals surface area contributed by atoms with Gasteiger partial charge in [-0.2, -0.15) is 4.98 Å². The van der Waals surface area contributed by atoms with Gasteiger partial charge in [-0.3, -0.25) is 14.5 Å². The minimum atomic E-state index is -0.483. The molecule has 1 unspecified atom stereocenters. The maximum Gasteiger partial charge on any atom is 0.319 e. The second kappa shape index (κ2) is 9.18. The summed E-state index contributed by atoms with van der Waals surface area (Å²) in [6.07, 6.45) is 5.23. The summed E-state index contributed by atoms with van der Waals surface area (Å²) in [5.41, 5.74) is 3.91. The fraction of sp³-hybridized carbons (Fsp3) is 0.259. The van der Waals surface area contributed by atoms with E-state index in [1.165, 1.54) is 18.8 Å². The molecule has 38 heavy (non-hydrogen) atoms. The van der Waals surface area contributed by atoms with Gasteiger partial charge in [-0.25, -0.2) is 4.98 Å². The van der Waals surface area contributed by atoms with E-state index >= 15 is 0 Å². The van der Waals surface area contributed by atoms with Gasteiger partial charge in [0.05, 0.1) is 42.4 Å². The van der Waals surface area contributed by atoms with Crippen molar-refractivity contribution in [1.82, 2.24) is 19.1 Å². The molecule has 4 heterocycles. The summed E-state index contributed by atoms with van der Waals surface area (Å²) >= 11 is 12.5. The van der Waals surface area contributed by atoms with E-state index in [1.807, 2.05) is 18.2 Å². The number of pyridine rings is 1. The summed E-state index contributed by atoms with van der Waals surface area (Å²) in [5.74, 6) is 0.149. The summed E-state index contributed by atoms with van der Waals surface area (Å²) in [7, 11) is 4.64. The zero-order chi connectivity index (χ0) is 26.7. The number of halogens is 2. The van der Waals surface area contributed by atoms with Gasteiger partial charge in [0.2, 0.25) is 5.88 Å². The molecular formula is C27H23Cl2N5O4. The summed E-state index contributed by atoms with van der Waals surface area (Å²) in [4.78, 5) is 36.8. The number of carbonyl (C=O) groups is 1. The molecule has 0 N–H and O–H groups in total. The van der Waals surface area contributed by atoms with Gasteiger partial charge in [-0.05, 0) is 42.7 Å². The quantitative estimate of drug-likeness (QED) is 0.333. The average molecular weight is 552 g/mol. The fourth-order valence-corrected chi connectivity index (χ4v) is 5.45. The van der Waals surface area contributed by atoms with Crippen molar-refractivity contribution in [3.63, 3.8) is 0 Å². The Balaban J connectivity index is 1.60. The fourth-order valence-electron chi connectivity index (χ4n) is 5.08. The third kappa shape index (κ3) is 3.85. The number of carbonyl (C=O) groups excluding carboxylic acids is 1. The van der Waals surface area contributed by atoms with Crippen LogP contribution in [0.15, 0.2) is 53.6 Å². The molecule has 1 aliphatic carbocycles. The molecule has 1 amide bonds. The Morgan fingerprint density at radius 1 is 1.00 bits per heavy atom. The van der Waals surface area contributed by atoms with E-state index in [2.05, 4.69) is 14.5 Å². The third-order valence-electron chi connectivity index (χ3n) is 6.93. The molecule has 6 rings (SSSR count). The predicted octanol–water partition coefficient (Wildman–Crippen LogP) is 5.05. The number of fused-ring (bicyclic) bond motifs is 1. The second-order valence-corrected chi connectivity index (χ2v) is 10.1. The molecule has 1 atom stereocenters. The number of benzene rings is 1. The van der Waals surface area contributed by atoms with Gasteiger partial charge in [-0.1, -0.05) is 35.3 Å². The molecule has 9 nitrogen and oxygen atoms in total. The third-order valence-corrected chi connectivity index (χ3v) is 7.45. The van der Waals surface area contributed by atoms with Crippen LogP contribution in [-0.4, -0.2) is 39.2 Å². The first kappa shape index (κ1) is 24.5. The number of aryl methyl sites for hydroxylation is 1. The van der Waals surface area contributed by atoms with Gasteiger partial charge >= 0.3 is 6.01 Å². The first-order valence-electron chi connectivity index (χ1n) is 12.0. The molecule has 4 aromatic rings. The summed E-state index contributed by atoms with van der Waals surface area (Å²) in [5, 5.41) is 0.628. The van der Waals surface area contributed by atoms with Gasteiger partial charge in [0.25, 0.3) is 11.5 Å². The molecular weight excluding hydrogens is 529 g/mol. The zero-order valence-corrected chi connectivity index (χ0v) is 22.3. The van der Waals surface area contributed by atoms with Gasteiger partial charge in [0, 0.05) is 30.5 Å². The van der Waals surface area contributed by atoms with Crippen LogP contribution in [0.2, 0.25) is 10.0 Å². The Hall–Kier alpha value is -3.82. The molecule has 1 fully saturated rings. The first-order chi connectivity index (χ1) is 18.3. The van der Waals surface area contributed by atoms with Crippen LogP contribution in [0, 0.1) is 0 Å². The minimum absolute atomic E-state index is 0.0371. The van der Waals surface area contributed by atoms with Crippen molar-refractivity contribution < 1.29 is 14.3 Å². The normalized spacial score (nSPS) is 16.6. The number of rotatable bonds is 6. The second-order valence-electron chi connectivity index (χ2n) is 9.30. The van der Waals surface area contributed by atoms with E-state index < -0.39 is 6.04 Å². The lowest BCUT2D eigenvalue weighted by molar-refractivity contribution is 0.0993. The lowest BCUT2D eigenvalue weighted by Crippen LogP contribution is -2.31. The van der Waals surface area contributed by atoms with Crippen LogP contribution in [-0.2, 0) is 7.05 Å². The van der Waals surface area contributed by atoms with E-state index in [0.29, 0.717) is 27.7 Å². The summed E-state index contributed by atoms with van der Waals surface area (Å²) in [6, 6.07) is 10.7. The molecule has 1 aliphatic heterocycles. The highest BCUT2D eigenvalue weighted by atomic mass is 35.5. The van der Waals surface area contributed by atoms with Crippen molar-refractivity contribution in [3.8, 4) is 23.1 Å². The predicted molar refractivity (Wildman–Crippen MR) is 144 cm³/mol. The number of anilines is 1. The van der Waals surface area contributed by atoms with E-state index in [9.17, 15) is 9.59 Å². The highest BCUT2D eigenvalue weighted by molar-refractivity contribution is 6.31. The topological polar surface area (TPSA) is 91.5 Å². The average Bonchev–Trinajstić information content (AvgIpc) is 3.62.